The molecule has 0 radical (unpaired) electrons. The van der Waals surface area contributed by atoms with Crippen LogP contribution in [0.1, 0.15) is 24.0 Å². The Morgan fingerprint density at radius 2 is 1.92 bits per heavy atom. The van der Waals surface area contributed by atoms with Crippen molar-refractivity contribution in [2.45, 2.75) is 25.8 Å². The summed E-state index contributed by atoms with van der Waals surface area (Å²) in [4.78, 5) is 24.9. The summed E-state index contributed by atoms with van der Waals surface area (Å²) in [6, 6.07) is 11.4. The molecule has 0 fully saturated rings. The lowest BCUT2D eigenvalue weighted by molar-refractivity contribution is -0.131. The van der Waals surface area contributed by atoms with Gasteiger partial charge >= 0.3 is 6.03 Å². The zero-order valence-electron chi connectivity index (χ0n) is 13.6. The van der Waals surface area contributed by atoms with Crippen LogP contribution in [0.5, 0.6) is 0 Å². The van der Waals surface area contributed by atoms with Gasteiger partial charge in [0, 0.05) is 31.6 Å². The van der Waals surface area contributed by atoms with E-state index in [-0.39, 0.29) is 18.9 Å². The van der Waals surface area contributed by atoms with Crippen LogP contribution in [0.4, 0.5) is 4.79 Å². The lowest BCUT2D eigenvalue weighted by Crippen LogP contribution is -2.36. The maximum Gasteiger partial charge on any atom is 0.312 e. The molecule has 0 saturated carbocycles. The van der Waals surface area contributed by atoms with Crippen LogP contribution in [0.15, 0.2) is 53.3 Å². The third kappa shape index (κ3) is 6.16. The number of aryl methyl sites for hydroxylation is 1. The Morgan fingerprint density at radius 3 is 2.58 bits per heavy atom. The quantitative estimate of drug-likeness (QED) is 0.740. The fraction of sp³-hybridized carbons (Fsp3) is 0.333. The SMILES string of the molecule is NC(=O)NCCC(=O)N(CCCc1ccccc1)Cc1ccoc1. The normalized spacial score (nSPS) is 10.3. The Labute approximate surface area is 141 Å². The number of rotatable bonds is 9. The van der Waals surface area contributed by atoms with Crippen LogP contribution in [-0.4, -0.2) is 29.9 Å². The monoisotopic (exact) mass is 329 g/mol. The van der Waals surface area contributed by atoms with Crippen molar-refractivity contribution >= 4 is 11.9 Å². The zero-order valence-corrected chi connectivity index (χ0v) is 13.6. The highest BCUT2D eigenvalue weighted by molar-refractivity contribution is 5.77. The van der Waals surface area contributed by atoms with E-state index >= 15 is 0 Å². The summed E-state index contributed by atoms with van der Waals surface area (Å²) < 4.78 is 5.07. The first-order chi connectivity index (χ1) is 11.6. The van der Waals surface area contributed by atoms with Gasteiger partial charge in [0.1, 0.15) is 0 Å². The number of amides is 3. The van der Waals surface area contributed by atoms with Crippen molar-refractivity contribution in [3.8, 4) is 0 Å². The Kier molecular flexibility index (Phi) is 6.89. The van der Waals surface area contributed by atoms with Crippen molar-refractivity contribution < 1.29 is 14.0 Å². The summed E-state index contributed by atoms with van der Waals surface area (Å²) in [6.07, 6.45) is 5.24. The van der Waals surface area contributed by atoms with E-state index in [2.05, 4.69) is 17.4 Å². The van der Waals surface area contributed by atoms with Crippen molar-refractivity contribution in [2.24, 2.45) is 5.73 Å². The van der Waals surface area contributed by atoms with Gasteiger partial charge in [-0.2, -0.15) is 0 Å². The van der Waals surface area contributed by atoms with Crippen molar-refractivity contribution in [3.63, 3.8) is 0 Å². The molecule has 1 aromatic heterocycles. The molecule has 2 rings (SSSR count). The van der Waals surface area contributed by atoms with Crippen molar-refractivity contribution in [3.05, 3.63) is 60.1 Å². The Bertz CT molecular complexity index is 626. The maximum absolute atomic E-state index is 12.4. The number of carbonyl (C=O) groups is 2. The number of nitrogens with one attached hydrogen (secondary N) is 1. The fourth-order valence-corrected chi connectivity index (χ4v) is 2.46. The van der Waals surface area contributed by atoms with E-state index < -0.39 is 6.03 Å². The van der Waals surface area contributed by atoms with Gasteiger partial charge in [-0.25, -0.2) is 4.79 Å². The molecule has 0 unspecified atom stereocenters. The fourth-order valence-electron chi connectivity index (χ4n) is 2.46. The molecule has 6 heteroatoms. The molecule has 1 heterocycles. The number of nitrogens with two attached hydrogens (primary N) is 1. The van der Waals surface area contributed by atoms with Gasteiger partial charge in [0.25, 0.3) is 0 Å². The standard InChI is InChI=1S/C18H23N3O3/c19-18(23)20-10-8-17(22)21(13-16-9-12-24-14-16)11-4-7-15-5-2-1-3-6-15/h1-3,5-6,9,12,14H,4,7-8,10-11,13H2,(H3,19,20,23). The minimum Gasteiger partial charge on any atom is -0.472 e. The topological polar surface area (TPSA) is 88.6 Å². The average molecular weight is 329 g/mol. The Hall–Kier alpha value is -2.76. The summed E-state index contributed by atoms with van der Waals surface area (Å²) in [5.74, 6) is -0.0157. The molecule has 2 aromatic rings. The molecule has 24 heavy (non-hydrogen) atoms. The summed E-state index contributed by atoms with van der Waals surface area (Å²) in [7, 11) is 0. The van der Waals surface area contributed by atoms with Gasteiger partial charge in [0.05, 0.1) is 12.5 Å². The van der Waals surface area contributed by atoms with Crippen molar-refractivity contribution in [2.75, 3.05) is 13.1 Å². The molecule has 6 nitrogen and oxygen atoms in total. The summed E-state index contributed by atoms with van der Waals surface area (Å²) in [6.45, 7) is 1.39. The number of benzene rings is 1. The molecule has 0 bridgehead atoms. The summed E-state index contributed by atoms with van der Waals surface area (Å²) in [5.41, 5.74) is 7.22. The maximum atomic E-state index is 12.4. The van der Waals surface area contributed by atoms with Crippen LogP contribution in [0.3, 0.4) is 0 Å². The van der Waals surface area contributed by atoms with E-state index in [1.165, 1.54) is 5.56 Å². The molecule has 3 N–H and O–H groups in total. The molecule has 128 valence electrons. The number of nitrogens with zero attached hydrogens (tertiary/aromatic N) is 1. The third-order valence-electron chi connectivity index (χ3n) is 3.68. The lowest BCUT2D eigenvalue weighted by Gasteiger charge is -2.22. The van der Waals surface area contributed by atoms with Gasteiger partial charge < -0.3 is 20.4 Å². The first kappa shape index (κ1) is 17.6. The molecule has 3 amide bonds. The number of urea groups is 1. The minimum atomic E-state index is -0.617. The molecule has 0 atom stereocenters. The molecule has 0 saturated heterocycles. The highest BCUT2D eigenvalue weighted by Gasteiger charge is 2.14. The smallest absolute Gasteiger partial charge is 0.312 e. The summed E-state index contributed by atoms with van der Waals surface area (Å²) >= 11 is 0. The van der Waals surface area contributed by atoms with E-state index in [1.54, 1.807) is 17.4 Å². The molecule has 0 aliphatic heterocycles. The van der Waals surface area contributed by atoms with Crippen LogP contribution in [0.25, 0.3) is 0 Å². The highest BCUT2D eigenvalue weighted by Crippen LogP contribution is 2.10. The van der Waals surface area contributed by atoms with Crippen LogP contribution in [0.2, 0.25) is 0 Å². The minimum absolute atomic E-state index is 0.0157. The van der Waals surface area contributed by atoms with Crippen molar-refractivity contribution in [1.82, 2.24) is 10.2 Å². The van der Waals surface area contributed by atoms with Crippen LogP contribution < -0.4 is 11.1 Å². The molecule has 0 spiro atoms. The molecular formula is C18H23N3O3. The number of hydrogen-bond donors (Lipinski definition) is 2. The second-order valence-electron chi connectivity index (χ2n) is 5.58. The van der Waals surface area contributed by atoms with E-state index in [1.807, 2.05) is 24.3 Å². The first-order valence-electron chi connectivity index (χ1n) is 8.01. The molecule has 1 aromatic carbocycles. The van der Waals surface area contributed by atoms with Gasteiger partial charge in [-0.3, -0.25) is 4.79 Å². The summed E-state index contributed by atoms with van der Waals surface area (Å²) in [5, 5.41) is 2.44. The molecular weight excluding hydrogens is 306 g/mol. The number of hydrogen-bond acceptors (Lipinski definition) is 3. The van der Waals surface area contributed by atoms with Crippen molar-refractivity contribution in [1.29, 1.82) is 0 Å². The van der Waals surface area contributed by atoms with Crippen LogP contribution in [0, 0.1) is 0 Å². The predicted octanol–water partition coefficient (Wildman–Crippen LogP) is 2.30. The van der Waals surface area contributed by atoms with E-state index in [0.29, 0.717) is 13.1 Å². The molecule has 0 aliphatic carbocycles. The number of primary amides is 1. The number of furan rings is 1. The van der Waals surface area contributed by atoms with Crippen LogP contribution in [-0.2, 0) is 17.8 Å². The Balaban J connectivity index is 1.86. The van der Waals surface area contributed by atoms with Gasteiger partial charge in [0.2, 0.25) is 5.91 Å². The van der Waals surface area contributed by atoms with Gasteiger partial charge in [-0.05, 0) is 24.5 Å². The van der Waals surface area contributed by atoms with Gasteiger partial charge in [-0.15, -0.1) is 0 Å². The predicted molar refractivity (Wildman–Crippen MR) is 91.1 cm³/mol. The van der Waals surface area contributed by atoms with E-state index in [4.69, 9.17) is 10.2 Å². The zero-order chi connectivity index (χ0) is 17.2. The second kappa shape index (κ2) is 9.39. The first-order valence-corrected chi connectivity index (χ1v) is 8.01. The number of carbonyl (C=O) groups excluding carboxylic acids is 2. The van der Waals surface area contributed by atoms with Gasteiger partial charge in [0.15, 0.2) is 0 Å². The van der Waals surface area contributed by atoms with E-state index in [9.17, 15) is 9.59 Å². The van der Waals surface area contributed by atoms with Gasteiger partial charge in [-0.1, -0.05) is 30.3 Å². The highest BCUT2D eigenvalue weighted by atomic mass is 16.3. The third-order valence-corrected chi connectivity index (χ3v) is 3.68. The lowest BCUT2D eigenvalue weighted by atomic mass is 10.1. The second-order valence-corrected chi connectivity index (χ2v) is 5.58. The largest absolute Gasteiger partial charge is 0.472 e. The van der Waals surface area contributed by atoms with E-state index in [0.717, 1.165) is 18.4 Å². The molecule has 0 aliphatic rings. The van der Waals surface area contributed by atoms with Crippen LogP contribution >= 0.6 is 0 Å². The average Bonchev–Trinajstić information content (AvgIpc) is 3.07. The Morgan fingerprint density at radius 1 is 1.12 bits per heavy atom.